The summed E-state index contributed by atoms with van der Waals surface area (Å²) >= 11 is 0. The van der Waals surface area contributed by atoms with Crippen LogP contribution in [0.3, 0.4) is 0 Å². The fraction of sp³-hybridized carbons (Fsp3) is 0.222. The van der Waals surface area contributed by atoms with Crippen molar-refractivity contribution in [3.8, 4) is 0 Å². The number of hydrogen-bond donors (Lipinski definition) is 1. The first-order chi connectivity index (χ1) is 6.69. The fourth-order valence-corrected chi connectivity index (χ4v) is 1.04. The summed E-state index contributed by atoms with van der Waals surface area (Å²) in [4.78, 5) is 15.0. The molecule has 1 aromatic heterocycles. The van der Waals surface area contributed by atoms with E-state index < -0.39 is 5.97 Å². The van der Waals surface area contributed by atoms with Crippen molar-refractivity contribution in [2.45, 2.75) is 6.92 Å². The van der Waals surface area contributed by atoms with Crippen LogP contribution in [0.25, 0.3) is 0 Å². The lowest BCUT2D eigenvalue weighted by Gasteiger charge is -2.02. The summed E-state index contributed by atoms with van der Waals surface area (Å²) in [5, 5.41) is 11.1. The van der Waals surface area contributed by atoms with E-state index in [0.717, 1.165) is 0 Å². The maximum absolute atomic E-state index is 11.1. The number of carbonyl (C=O) groups excluding carboxylic acids is 1. The summed E-state index contributed by atoms with van der Waals surface area (Å²) in [6.07, 6.45) is 2.67. The van der Waals surface area contributed by atoms with E-state index in [-0.39, 0.29) is 5.69 Å². The molecule has 0 unspecified atom stereocenters. The minimum atomic E-state index is -0.477. The summed E-state index contributed by atoms with van der Waals surface area (Å²) in [5.41, 5.74) is 1.56. The van der Waals surface area contributed by atoms with Crippen LogP contribution in [0.4, 0.5) is 0 Å². The fourth-order valence-electron chi connectivity index (χ4n) is 1.04. The highest BCUT2D eigenvalue weighted by Crippen LogP contribution is 2.07. The number of methoxy groups -OCH3 is 1. The predicted molar refractivity (Wildman–Crippen MR) is 49.7 cm³/mol. The molecule has 0 aliphatic heterocycles. The summed E-state index contributed by atoms with van der Waals surface area (Å²) in [6, 6.07) is 1.68. The van der Waals surface area contributed by atoms with Gasteiger partial charge in [-0.2, -0.15) is 0 Å². The van der Waals surface area contributed by atoms with Gasteiger partial charge in [0.1, 0.15) is 0 Å². The lowest BCUT2D eigenvalue weighted by molar-refractivity contribution is 0.0593. The van der Waals surface area contributed by atoms with Gasteiger partial charge in [0.2, 0.25) is 0 Å². The van der Waals surface area contributed by atoms with Gasteiger partial charge in [-0.05, 0) is 18.6 Å². The highest BCUT2D eigenvalue weighted by atomic mass is 16.5. The molecule has 0 saturated carbocycles. The van der Waals surface area contributed by atoms with Crippen LogP contribution in [0.15, 0.2) is 17.4 Å². The van der Waals surface area contributed by atoms with Crippen molar-refractivity contribution in [2.75, 3.05) is 7.11 Å². The topological polar surface area (TPSA) is 71.8 Å². The molecule has 0 spiro atoms. The molecule has 0 saturated heterocycles. The number of rotatable bonds is 2. The Hall–Kier alpha value is -1.91. The van der Waals surface area contributed by atoms with E-state index >= 15 is 0 Å². The van der Waals surface area contributed by atoms with Crippen LogP contribution in [0, 0.1) is 6.92 Å². The van der Waals surface area contributed by atoms with Gasteiger partial charge in [-0.25, -0.2) is 9.78 Å². The first kappa shape index (κ1) is 10.2. The molecule has 0 bridgehead atoms. The van der Waals surface area contributed by atoms with Crippen molar-refractivity contribution < 1.29 is 14.7 Å². The Morgan fingerprint density at radius 1 is 1.71 bits per heavy atom. The van der Waals surface area contributed by atoms with Crippen LogP contribution in [0.1, 0.15) is 21.6 Å². The van der Waals surface area contributed by atoms with Crippen molar-refractivity contribution in [1.29, 1.82) is 0 Å². The first-order valence-corrected chi connectivity index (χ1v) is 3.91. The SMILES string of the molecule is COC(=O)c1ncc(C=NO)cc1C. The molecule has 1 aromatic rings. The number of esters is 1. The Balaban J connectivity index is 3.07. The Labute approximate surface area is 81.0 Å². The van der Waals surface area contributed by atoms with Gasteiger partial charge >= 0.3 is 5.97 Å². The van der Waals surface area contributed by atoms with Crippen molar-refractivity contribution >= 4 is 12.2 Å². The number of oxime groups is 1. The summed E-state index contributed by atoms with van der Waals surface area (Å²) in [7, 11) is 1.30. The number of hydrogen-bond acceptors (Lipinski definition) is 5. The molecule has 74 valence electrons. The summed E-state index contributed by atoms with van der Waals surface area (Å²) < 4.78 is 4.53. The zero-order chi connectivity index (χ0) is 10.6. The molecule has 0 aromatic carbocycles. The highest BCUT2D eigenvalue weighted by molar-refractivity contribution is 5.89. The van der Waals surface area contributed by atoms with Gasteiger partial charge in [-0.15, -0.1) is 0 Å². The molecule has 0 fully saturated rings. The summed E-state index contributed by atoms with van der Waals surface area (Å²) in [5.74, 6) is -0.477. The van der Waals surface area contributed by atoms with E-state index in [1.807, 2.05) is 0 Å². The van der Waals surface area contributed by atoms with Crippen LogP contribution >= 0.6 is 0 Å². The third-order valence-electron chi connectivity index (χ3n) is 1.68. The quantitative estimate of drug-likeness (QED) is 0.330. The average Bonchev–Trinajstić information content (AvgIpc) is 2.17. The first-order valence-electron chi connectivity index (χ1n) is 3.91. The van der Waals surface area contributed by atoms with Crippen molar-refractivity contribution in [1.82, 2.24) is 4.98 Å². The van der Waals surface area contributed by atoms with Gasteiger partial charge < -0.3 is 9.94 Å². The third-order valence-corrected chi connectivity index (χ3v) is 1.68. The normalized spacial score (nSPS) is 10.4. The van der Waals surface area contributed by atoms with Crippen molar-refractivity contribution in [3.05, 3.63) is 29.1 Å². The molecule has 5 nitrogen and oxygen atoms in total. The smallest absolute Gasteiger partial charge is 0.356 e. The lowest BCUT2D eigenvalue weighted by atomic mass is 10.1. The number of nitrogens with zero attached hydrogens (tertiary/aromatic N) is 2. The number of ether oxygens (including phenoxy) is 1. The molecule has 5 heteroatoms. The number of pyridine rings is 1. The van der Waals surface area contributed by atoms with Gasteiger partial charge in [-0.1, -0.05) is 5.16 Å². The van der Waals surface area contributed by atoms with E-state index in [0.29, 0.717) is 11.1 Å². The highest BCUT2D eigenvalue weighted by Gasteiger charge is 2.10. The molecule has 1 rings (SSSR count). The largest absolute Gasteiger partial charge is 0.464 e. The summed E-state index contributed by atoms with van der Waals surface area (Å²) in [6.45, 7) is 1.73. The Bertz CT molecular complexity index is 374. The molecule has 14 heavy (non-hydrogen) atoms. The van der Waals surface area contributed by atoms with Crippen LogP contribution < -0.4 is 0 Å². The molecule has 1 heterocycles. The predicted octanol–water partition coefficient (Wildman–Crippen LogP) is 0.985. The van der Waals surface area contributed by atoms with E-state index in [1.165, 1.54) is 19.5 Å². The second-order valence-electron chi connectivity index (χ2n) is 2.67. The molecular weight excluding hydrogens is 184 g/mol. The Kier molecular flexibility index (Phi) is 3.17. The molecule has 0 aliphatic carbocycles. The maximum Gasteiger partial charge on any atom is 0.356 e. The van der Waals surface area contributed by atoms with E-state index in [2.05, 4.69) is 14.9 Å². The van der Waals surface area contributed by atoms with Crippen molar-refractivity contribution in [2.24, 2.45) is 5.16 Å². The van der Waals surface area contributed by atoms with Gasteiger partial charge in [-0.3, -0.25) is 0 Å². The number of carbonyl (C=O) groups is 1. The zero-order valence-electron chi connectivity index (χ0n) is 7.89. The lowest BCUT2D eigenvalue weighted by Crippen LogP contribution is -2.07. The molecule has 0 amide bonds. The molecule has 1 N–H and O–H groups in total. The minimum Gasteiger partial charge on any atom is -0.464 e. The van der Waals surface area contributed by atoms with Crippen molar-refractivity contribution in [3.63, 3.8) is 0 Å². The Morgan fingerprint density at radius 2 is 2.43 bits per heavy atom. The molecule has 0 atom stereocenters. The minimum absolute atomic E-state index is 0.266. The van der Waals surface area contributed by atoms with Crippen LogP contribution in [-0.4, -0.2) is 29.5 Å². The second-order valence-corrected chi connectivity index (χ2v) is 2.67. The van der Waals surface area contributed by atoms with Gasteiger partial charge in [0.05, 0.1) is 13.3 Å². The standard InChI is InChI=1S/C9H10N2O3/c1-6-3-7(5-11-13)4-10-8(6)9(12)14-2/h3-5,13H,1-2H3. The number of aryl methyl sites for hydroxylation is 1. The molecule has 0 aliphatic rings. The second kappa shape index (κ2) is 4.36. The van der Waals surface area contributed by atoms with Crippen LogP contribution in [0.2, 0.25) is 0 Å². The van der Waals surface area contributed by atoms with Crippen LogP contribution in [0.5, 0.6) is 0 Å². The average molecular weight is 194 g/mol. The molecule has 0 radical (unpaired) electrons. The molecular formula is C9H10N2O3. The Morgan fingerprint density at radius 3 is 2.93 bits per heavy atom. The zero-order valence-corrected chi connectivity index (χ0v) is 7.89. The van der Waals surface area contributed by atoms with Gasteiger partial charge in [0.25, 0.3) is 0 Å². The maximum atomic E-state index is 11.1. The van der Waals surface area contributed by atoms with Gasteiger partial charge in [0, 0.05) is 11.8 Å². The van der Waals surface area contributed by atoms with E-state index in [1.54, 1.807) is 13.0 Å². The third kappa shape index (κ3) is 2.07. The van der Waals surface area contributed by atoms with E-state index in [4.69, 9.17) is 5.21 Å². The number of aromatic nitrogens is 1. The van der Waals surface area contributed by atoms with Gasteiger partial charge in [0.15, 0.2) is 5.69 Å². The van der Waals surface area contributed by atoms with Crippen LogP contribution in [-0.2, 0) is 4.74 Å². The van der Waals surface area contributed by atoms with E-state index in [9.17, 15) is 4.79 Å². The monoisotopic (exact) mass is 194 g/mol.